The summed E-state index contributed by atoms with van der Waals surface area (Å²) in [6.45, 7) is 1.61. The van der Waals surface area contributed by atoms with Gasteiger partial charge < -0.3 is 9.47 Å². The molecule has 0 N–H and O–H groups in total. The van der Waals surface area contributed by atoms with Crippen LogP contribution < -0.4 is 9.47 Å². The Kier molecular flexibility index (Phi) is 8.39. The Morgan fingerprint density at radius 1 is 1.18 bits per heavy atom. The number of hydrogen-bond acceptors (Lipinski definition) is 6. The van der Waals surface area contributed by atoms with Crippen LogP contribution in [0.3, 0.4) is 0 Å². The lowest BCUT2D eigenvalue weighted by atomic mass is 10.1. The molecule has 0 aliphatic heterocycles. The summed E-state index contributed by atoms with van der Waals surface area (Å²) in [6.07, 6.45) is 0.435. The van der Waals surface area contributed by atoms with Crippen LogP contribution in [0.2, 0.25) is 0 Å². The SMILES string of the molecule is COc1cccc(C(=O)/C=C/c2ccc(OC)c(CSc3nc(C(F)F)cc(C)c3C#N)c2)c1. The second-order valence-corrected chi connectivity index (χ2v) is 8.21. The van der Waals surface area contributed by atoms with E-state index >= 15 is 0 Å². The molecule has 0 atom stereocenters. The summed E-state index contributed by atoms with van der Waals surface area (Å²) in [5, 5.41) is 9.70. The molecule has 1 heterocycles. The van der Waals surface area contributed by atoms with Gasteiger partial charge >= 0.3 is 0 Å². The number of benzene rings is 2. The number of aromatic nitrogens is 1. The Morgan fingerprint density at radius 3 is 2.65 bits per heavy atom. The van der Waals surface area contributed by atoms with Crippen LogP contribution in [0.4, 0.5) is 8.78 Å². The zero-order valence-electron chi connectivity index (χ0n) is 18.8. The van der Waals surface area contributed by atoms with Crippen molar-refractivity contribution in [1.82, 2.24) is 4.98 Å². The summed E-state index contributed by atoms with van der Waals surface area (Å²) in [5.41, 5.74) is 2.40. The van der Waals surface area contributed by atoms with E-state index in [0.717, 1.165) is 11.1 Å². The van der Waals surface area contributed by atoms with Crippen molar-refractivity contribution in [1.29, 1.82) is 5.26 Å². The van der Waals surface area contributed by atoms with Gasteiger partial charge in [0.15, 0.2) is 5.78 Å². The van der Waals surface area contributed by atoms with Gasteiger partial charge in [0, 0.05) is 16.9 Å². The number of rotatable bonds is 9. The molecule has 0 unspecified atom stereocenters. The van der Waals surface area contributed by atoms with E-state index in [0.29, 0.717) is 28.4 Å². The van der Waals surface area contributed by atoms with Crippen LogP contribution in [0.5, 0.6) is 11.5 Å². The molecule has 0 radical (unpaired) electrons. The molecule has 5 nitrogen and oxygen atoms in total. The number of allylic oxidation sites excluding steroid dienone is 1. The topological polar surface area (TPSA) is 72.2 Å². The van der Waals surface area contributed by atoms with Gasteiger partial charge in [0.05, 0.1) is 19.8 Å². The van der Waals surface area contributed by atoms with E-state index in [1.54, 1.807) is 43.3 Å². The van der Waals surface area contributed by atoms with Gasteiger partial charge in [-0.25, -0.2) is 13.8 Å². The van der Waals surface area contributed by atoms with Gasteiger partial charge in [-0.1, -0.05) is 24.3 Å². The highest BCUT2D eigenvalue weighted by Crippen LogP contribution is 2.32. The number of alkyl halides is 2. The number of carbonyl (C=O) groups excluding carboxylic acids is 1. The molecule has 0 aliphatic rings. The second-order valence-electron chi connectivity index (χ2n) is 7.25. The fourth-order valence-corrected chi connectivity index (χ4v) is 4.26. The average Bonchev–Trinajstić information content (AvgIpc) is 2.85. The standard InChI is InChI=1S/C26H22F2N2O3S/c1-16-11-22(25(27)28)30-26(21(16)14-29)34-15-19-12-17(8-10-24(19)33-3)7-9-23(31)18-5-4-6-20(13-18)32-2/h4-13,25H,15H2,1-3H3/b9-7+. The number of pyridine rings is 1. The van der Waals surface area contributed by atoms with Crippen molar-refractivity contribution >= 4 is 23.6 Å². The third-order valence-corrected chi connectivity index (χ3v) is 6.01. The van der Waals surface area contributed by atoms with Crippen molar-refractivity contribution in [2.75, 3.05) is 14.2 Å². The summed E-state index contributed by atoms with van der Waals surface area (Å²) in [7, 11) is 3.07. The smallest absolute Gasteiger partial charge is 0.280 e. The molecule has 3 rings (SSSR count). The highest BCUT2D eigenvalue weighted by molar-refractivity contribution is 7.98. The number of carbonyl (C=O) groups is 1. The van der Waals surface area contributed by atoms with Crippen LogP contribution in [0.25, 0.3) is 6.08 Å². The second kappa shape index (κ2) is 11.4. The number of nitriles is 1. The molecule has 8 heteroatoms. The van der Waals surface area contributed by atoms with Crippen molar-refractivity contribution in [3.8, 4) is 17.6 Å². The maximum atomic E-state index is 13.2. The molecule has 174 valence electrons. The van der Waals surface area contributed by atoms with Crippen molar-refractivity contribution < 1.29 is 23.0 Å². The first kappa shape index (κ1) is 24.9. The molecular formula is C26H22F2N2O3S. The molecule has 34 heavy (non-hydrogen) atoms. The highest BCUT2D eigenvalue weighted by atomic mass is 32.2. The van der Waals surface area contributed by atoms with Crippen molar-refractivity contribution in [3.63, 3.8) is 0 Å². The van der Waals surface area contributed by atoms with Crippen LogP contribution in [0, 0.1) is 18.3 Å². The number of halogens is 2. The molecule has 0 spiro atoms. The summed E-state index contributed by atoms with van der Waals surface area (Å²) in [6, 6.07) is 15.6. The quantitative estimate of drug-likeness (QED) is 0.200. The third-order valence-electron chi connectivity index (χ3n) is 4.99. The zero-order chi connectivity index (χ0) is 24.7. The molecule has 0 fully saturated rings. The monoisotopic (exact) mass is 480 g/mol. The maximum Gasteiger partial charge on any atom is 0.280 e. The molecule has 0 aliphatic carbocycles. The van der Waals surface area contributed by atoms with Gasteiger partial charge in [-0.15, -0.1) is 11.8 Å². The van der Waals surface area contributed by atoms with Gasteiger partial charge in [0.2, 0.25) is 0 Å². The van der Waals surface area contributed by atoms with E-state index < -0.39 is 6.43 Å². The van der Waals surface area contributed by atoms with Gasteiger partial charge in [0.25, 0.3) is 6.43 Å². The number of hydrogen-bond donors (Lipinski definition) is 0. The highest BCUT2D eigenvalue weighted by Gasteiger charge is 2.17. The number of ketones is 1. The van der Waals surface area contributed by atoms with E-state index in [1.807, 2.05) is 18.2 Å². The lowest BCUT2D eigenvalue weighted by Gasteiger charge is -2.12. The first-order valence-electron chi connectivity index (χ1n) is 10.2. The van der Waals surface area contributed by atoms with Crippen LogP contribution in [0.15, 0.2) is 59.6 Å². The van der Waals surface area contributed by atoms with Gasteiger partial charge in [-0.05, 0) is 54.5 Å². The lowest BCUT2D eigenvalue weighted by molar-refractivity contribution is 0.104. The largest absolute Gasteiger partial charge is 0.497 e. The minimum absolute atomic E-state index is 0.173. The molecule has 0 bridgehead atoms. The third kappa shape index (κ3) is 6.00. The lowest BCUT2D eigenvalue weighted by Crippen LogP contribution is -1.99. The van der Waals surface area contributed by atoms with E-state index in [-0.39, 0.29) is 22.1 Å². The minimum atomic E-state index is -2.73. The van der Waals surface area contributed by atoms with E-state index in [1.165, 1.54) is 38.1 Å². The first-order valence-corrected chi connectivity index (χ1v) is 11.2. The number of ether oxygens (including phenoxy) is 2. The number of aryl methyl sites for hydroxylation is 1. The molecule has 0 saturated heterocycles. The fraction of sp³-hybridized carbons (Fsp3) is 0.192. The Morgan fingerprint density at radius 2 is 1.97 bits per heavy atom. The predicted octanol–water partition coefficient (Wildman–Crippen LogP) is 6.40. The van der Waals surface area contributed by atoms with E-state index in [9.17, 15) is 18.8 Å². The Hall–Kier alpha value is -3.70. The Labute approximate surface area is 201 Å². The van der Waals surface area contributed by atoms with Crippen LogP contribution >= 0.6 is 11.8 Å². The summed E-state index contributed by atoms with van der Waals surface area (Å²) >= 11 is 1.18. The van der Waals surface area contributed by atoms with Gasteiger partial charge in [-0.3, -0.25) is 4.79 Å². The number of nitrogens with zero attached hydrogens (tertiary/aromatic N) is 2. The van der Waals surface area contributed by atoms with E-state index in [4.69, 9.17) is 9.47 Å². The first-order chi connectivity index (χ1) is 16.4. The van der Waals surface area contributed by atoms with Crippen molar-refractivity contribution in [2.45, 2.75) is 24.1 Å². The van der Waals surface area contributed by atoms with Crippen LogP contribution in [-0.2, 0) is 5.75 Å². The molecular weight excluding hydrogens is 458 g/mol. The predicted molar refractivity (Wildman–Crippen MR) is 128 cm³/mol. The van der Waals surface area contributed by atoms with Crippen molar-refractivity contribution in [2.24, 2.45) is 0 Å². The minimum Gasteiger partial charge on any atom is -0.497 e. The Balaban J connectivity index is 1.83. The maximum absolute atomic E-state index is 13.2. The van der Waals surface area contributed by atoms with Crippen LogP contribution in [0.1, 0.15) is 44.7 Å². The Bertz CT molecular complexity index is 1270. The van der Waals surface area contributed by atoms with E-state index in [2.05, 4.69) is 4.98 Å². The normalized spacial score (nSPS) is 11.0. The van der Waals surface area contributed by atoms with Gasteiger partial charge in [-0.2, -0.15) is 5.26 Å². The zero-order valence-corrected chi connectivity index (χ0v) is 19.7. The summed E-state index contributed by atoms with van der Waals surface area (Å²) < 4.78 is 37.0. The molecule has 1 aromatic heterocycles. The van der Waals surface area contributed by atoms with Crippen LogP contribution in [-0.4, -0.2) is 25.0 Å². The van der Waals surface area contributed by atoms with Gasteiger partial charge in [0.1, 0.15) is 28.3 Å². The summed E-state index contributed by atoms with van der Waals surface area (Å²) in [5.74, 6) is 1.36. The number of methoxy groups -OCH3 is 2. The number of thioether (sulfide) groups is 1. The molecule has 3 aromatic rings. The molecule has 0 saturated carbocycles. The fourth-order valence-electron chi connectivity index (χ4n) is 3.23. The van der Waals surface area contributed by atoms with Crippen molar-refractivity contribution in [3.05, 3.63) is 88.1 Å². The molecule has 2 aromatic carbocycles. The summed E-state index contributed by atoms with van der Waals surface area (Å²) in [4.78, 5) is 16.5. The average molecular weight is 481 g/mol. The molecule has 0 amide bonds.